The average Bonchev–Trinajstić information content (AvgIpc) is 3.24. The van der Waals surface area contributed by atoms with Crippen LogP contribution in [0.3, 0.4) is 0 Å². The Kier molecular flexibility index (Phi) is 5.14. The molecule has 0 aliphatic rings. The number of hydrogen-bond acceptors (Lipinski definition) is 5. The topological polar surface area (TPSA) is 71.8 Å². The number of rotatable bonds is 5. The van der Waals surface area contributed by atoms with Gasteiger partial charge in [0.2, 0.25) is 0 Å². The van der Waals surface area contributed by atoms with Crippen LogP contribution in [0.1, 0.15) is 11.4 Å². The number of fused-ring (bicyclic) bond motifs is 1. The van der Waals surface area contributed by atoms with Crippen LogP contribution in [0.15, 0.2) is 93.3 Å². The van der Waals surface area contributed by atoms with Gasteiger partial charge in [-0.25, -0.2) is 9.97 Å². The molecule has 1 N–H and O–H groups in total. The van der Waals surface area contributed by atoms with Gasteiger partial charge >= 0.3 is 0 Å². The highest BCUT2D eigenvalue weighted by molar-refractivity contribution is 7.98. The van der Waals surface area contributed by atoms with Crippen molar-refractivity contribution in [2.45, 2.75) is 17.9 Å². The molecule has 152 valence electrons. The Bertz CT molecular complexity index is 1350. The third kappa shape index (κ3) is 3.90. The van der Waals surface area contributed by atoms with Crippen molar-refractivity contribution in [2.24, 2.45) is 0 Å². The zero-order valence-electron chi connectivity index (χ0n) is 16.8. The third-order valence-corrected chi connectivity index (χ3v) is 5.85. The molecular formula is C25H19N3O2S. The molecule has 2 heterocycles. The molecule has 0 aliphatic heterocycles. The lowest BCUT2D eigenvalue weighted by Gasteiger charge is -2.03. The standard InChI is InChI=1S/C25H19N3O2S/c1-16-9-8-14-19-21(16)26-20(27-24(19)29)15-31-25-28-22(17-10-4-2-5-11-17)23(30-25)18-12-6-3-7-13-18/h2-14H,15H2,1H3,(H,26,27,29). The molecule has 0 fully saturated rings. The first-order valence-electron chi connectivity index (χ1n) is 9.92. The van der Waals surface area contributed by atoms with Crippen molar-refractivity contribution in [3.05, 3.63) is 101 Å². The largest absolute Gasteiger partial charge is 0.431 e. The molecule has 5 rings (SSSR count). The van der Waals surface area contributed by atoms with E-state index in [1.165, 1.54) is 11.8 Å². The van der Waals surface area contributed by atoms with Gasteiger partial charge in [0.05, 0.1) is 16.7 Å². The van der Waals surface area contributed by atoms with E-state index >= 15 is 0 Å². The third-order valence-electron chi connectivity index (χ3n) is 5.01. The van der Waals surface area contributed by atoms with Crippen molar-refractivity contribution in [1.82, 2.24) is 15.0 Å². The maximum atomic E-state index is 12.4. The van der Waals surface area contributed by atoms with Gasteiger partial charge in [-0.05, 0) is 18.6 Å². The molecule has 2 aromatic heterocycles. The molecule has 0 radical (unpaired) electrons. The van der Waals surface area contributed by atoms with Crippen molar-refractivity contribution in [1.29, 1.82) is 0 Å². The molecular weight excluding hydrogens is 406 g/mol. The van der Waals surface area contributed by atoms with Crippen LogP contribution in [0.4, 0.5) is 0 Å². The number of nitrogens with zero attached hydrogens (tertiary/aromatic N) is 2. The van der Waals surface area contributed by atoms with E-state index in [2.05, 4.69) is 9.97 Å². The number of aromatic nitrogens is 3. The fourth-order valence-electron chi connectivity index (χ4n) is 3.49. The Morgan fingerprint density at radius 2 is 1.58 bits per heavy atom. The van der Waals surface area contributed by atoms with Gasteiger partial charge in [-0.2, -0.15) is 0 Å². The summed E-state index contributed by atoms with van der Waals surface area (Å²) in [5.74, 6) is 1.77. The molecule has 3 aromatic carbocycles. The molecule has 0 spiro atoms. The summed E-state index contributed by atoms with van der Waals surface area (Å²) in [5, 5.41) is 1.13. The fraction of sp³-hybridized carbons (Fsp3) is 0.0800. The Morgan fingerprint density at radius 3 is 2.32 bits per heavy atom. The van der Waals surface area contributed by atoms with Crippen LogP contribution < -0.4 is 5.56 Å². The zero-order valence-corrected chi connectivity index (χ0v) is 17.6. The SMILES string of the molecule is Cc1cccc2c(=O)[nH]c(CSc3nc(-c4ccccc4)c(-c4ccccc4)o3)nc12. The highest BCUT2D eigenvalue weighted by Crippen LogP contribution is 2.36. The van der Waals surface area contributed by atoms with Gasteiger partial charge < -0.3 is 9.40 Å². The molecule has 5 nitrogen and oxygen atoms in total. The first kappa shape index (κ1) is 19.3. The average molecular weight is 426 g/mol. The maximum absolute atomic E-state index is 12.4. The van der Waals surface area contributed by atoms with Gasteiger partial charge in [0, 0.05) is 11.1 Å². The van der Waals surface area contributed by atoms with Crippen molar-refractivity contribution in [3.8, 4) is 22.6 Å². The van der Waals surface area contributed by atoms with E-state index in [9.17, 15) is 4.79 Å². The van der Waals surface area contributed by atoms with Crippen LogP contribution in [-0.4, -0.2) is 15.0 Å². The first-order chi connectivity index (χ1) is 15.2. The Morgan fingerprint density at radius 1 is 0.871 bits per heavy atom. The van der Waals surface area contributed by atoms with E-state index in [1.807, 2.05) is 79.7 Å². The predicted octanol–water partition coefficient (Wildman–Crippen LogP) is 5.85. The minimum absolute atomic E-state index is 0.133. The molecule has 0 saturated carbocycles. The lowest BCUT2D eigenvalue weighted by molar-refractivity contribution is 0.466. The number of aryl methyl sites for hydroxylation is 1. The molecule has 0 unspecified atom stereocenters. The minimum Gasteiger partial charge on any atom is -0.431 e. The van der Waals surface area contributed by atoms with Crippen LogP contribution in [0, 0.1) is 6.92 Å². The number of H-pyrrole nitrogens is 1. The van der Waals surface area contributed by atoms with Gasteiger partial charge in [0.25, 0.3) is 10.8 Å². The van der Waals surface area contributed by atoms with Crippen LogP contribution in [0.2, 0.25) is 0 Å². The number of para-hydroxylation sites is 1. The smallest absolute Gasteiger partial charge is 0.258 e. The monoisotopic (exact) mass is 425 g/mol. The summed E-state index contributed by atoms with van der Waals surface area (Å²) in [4.78, 5) is 24.7. The second-order valence-electron chi connectivity index (χ2n) is 7.16. The fourth-order valence-corrected chi connectivity index (χ4v) is 4.18. The first-order valence-corrected chi connectivity index (χ1v) is 10.9. The molecule has 0 aliphatic carbocycles. The molecule has 0 amide bonds. The number of thioether (sulfide) groups is 1. The summed E-state index contributed by atoms with van der Waals surface area (Å²) in [5.41, 5.74) is 4.32. The summed E-state index contributed by atoms with van der Waals surface area (Å²) in [6.45, 7) is 1.96. The second kappa shape index (κ2) is 8.24. The normalized spacial score (nSPS) is 11.1. The molecule has 6 heteroatoms. The maximum Gasteiger partial charge on any atom is 0.258 e. The van der Waals surface area contributed by atoms with E-state index < -0.39 is 0 Å². The minimum atomic E-state index is -0.133. The van der Waals surface area contributed by atoms with Crippen LogP contribution in [-0.2, 0) is 5.75 Å². The van der Waals surface area contributed by atoms with Gasteiger partial charge in [0.15, 0.2) is 5.76 Å². The number of oxazole rings is 1. The van der Waals surface area contributed by atoms with E-state index in [0.29, 0.717) is 22.2 Å². The van der Waals surface area contributed by atoms with Crippen LogP contribution >= 0.6 is 11.8 Å². The van der Waals surface area contributed by atoms with E-state index in [-0.39, 0.29) is 5.56 Å². The van der Waals surface area contributed by atoms with Crippen LogP contribution in [0.5, 0.6) is 0 Å². The van der Waals surface area contributed by atoms with Crippen molar-refractivity contribution >= 4 is 22.7 Å². The summed E-state index contributed by atoms with van der Waals surface area (Å²) in [6, 6.07) is 25.5. The highest BCUT2D eigenvalue weighted by atomic mass is 32.2. The second-order valence-corrected chi connectivity index (χ2v) is 8.09. The zero-order chi connectivity index (χ0) is 21.2. The van der Waals surface area contributed by atoms with Gasteiger partial charge in [0.1, 0.15) is 11.5 Å². The summed E-state index contributed by atoms with van der Waals surface area (Å²) in [7, 11) is 0. The number of benzene rings is 3. The van der Waals surface area contributed by atoms with Crippen LogP contribution in [0.25, 0.3) is 33.5 Å². The highest BCUT2D eigenvalue weighted by Gasteiger charge is 2.17. The molecule has 31 heavy (non-hydrogen) atoms. The van der Waals surface area contributed by atoms with E-state index in [0.717, 1.165) is 33.7 Å². The number of aromatic amines is 1. The quantitative estimate of drug-likeness (QED) is 0.358. The molecule has 0 atom stereocenters. The predicted molar refractivity (Wildman–Crippen MR) is 124 cm³/mol. The Labute approximate surface area is 183 Å². The summed E-state index contributed by atoms with van der Waals surface area (Å²) < 4.78 is 6.15. The lowest BCUT2D eigenvalue weighted by atomic mass is 10.1. The Hall–Kier alpha value is -3.64. The Balaban J connectivity index is 1.49. The van der Waals surface area contributed by atoms with Gasteiger partial charge in [-0.15, -0.1) is 0 Å². The molecule has 0 bridgehead atoms. The van der Waals surface area contributed by atoms with Crippen molar-refractivity contribution in [2.75, 3.05) is 0 Å². The van der Waals surface area contributed by atoms with E-state index in [1.54, 1.807) is 6.07 Å². The van der Waals surface area contributed by atoms with Gasteiger partial charge in [-0.1, -0.05) is 84.6 Å². The van der Waals surface area contributed by atoms with Crippen molar-refractivity contribution in [3.63, 3.8) is 0 Å². The van der Waals surface area contributed by atoms with E-state index in [4.69, 9.17) is 9.40 Å². The molecule has 0 saturated heterocycles. The lowest BCUT2D eigenvalue weighted by Crippen LogP contribution is -2.11. The molecule has 5 aromatic rings. The summed E-state index contributed by atoms with van der Waals surface area (Å²) >= 11 is 1.41. The van der Waals surface area contributed by atoms with Gasteiger partial charge in [-0.3, -0.25) is 4.79 Å². The number of nitrogens with one attached hydrogen (secondary N) is 1. The number of hydrogen-bond donors (Lipinski definition) is 1. The van der Waals surface area contributed by atoms with Crippen molar-refractivity contribution < 1.29 is 4.42 Å². The summed E-state index contributed by atoms with van der Waals surface area (Å²) in [6.07, 6.45) is 0.